The lowest BCUT2D eigenvalue weighted by atomic mass is 10.1. The number of carbonyl (C=O) groups is 2. The maximum absolute atomic E-state index is 12.3. The van der Waals surface area contributed by atoms with Crippen LogP contribution in [0.5, 0.6) is 11.5 Å². The van der Waals surface area contributed by atoms with Gasteiger partial charge in [-0.2, -0.15) is 0 Å². The number of anilines is 1. The van der Waals surface area contributed by atoms with Gasteiger partial charge in [0.1, 0.15) is 11.5 Å². The lowest BCUT2D eigenvalue weighted by Crippen LogP contribution is -2.31. The zero-order chi connectivity index (χ0) is 19.2. The topological polar surface area (TPSA) is 67.9 Å². The first-order valence-corrected chi connectivity index (χ1v) is 9.04. The van der Waals surface area contributed by atoms with Crippen molar-refractivity contribution in [3.63, 3.8) is 0 Å². The van der Waals surface area contributed by atoms with Crippen molar-refractivity contribution >= 4 is 17.5 Å². The van der Waals surface area contributed by atoms with Crippen molar-refractivity contribution in [3.8, 4) is 11.5 Å². The van der Waals surface area contributed by atoms with E-state index < -0.39 is 0 Å². The largest absolute Gasteiger partial charge is 0.496 e. The number of para-hydroxylation sites is 1. The molecular formula is C21H24N2O4. The normalized spacial score (nSPS) is 14.7. The molecule has 2 amide bonds. The standard InChI is InChI=1S/C21H24N2O4/c1-15(18-9-3-4-10-19(18)26-2)22-20(24)14-27-17-8-5-7-16(13-17)23-12-6-11-21(23)25/h3-5,7-10,13,15H,6,11-12,14H2,1-2H3,(H,22,24)/t15-/m0/s1. The van der Waals surface area contributed by atoms with Gasteiger partial charge in [0.15, 0.2) is 6.61 Å². The minimum atomic E-state index is -0.226. The Morgan fingerprint density at radius 3 is 2.78 bits per heavy atom. The summed E-state index contributed by atoms with van der Waals surface area (Å²) >= 11 is 0. The van der Waals surface area contributed by atoms with Gasteiger partial charge >= 0.3 is 0 Å². The van der Waals surface area contributed by atoms with Crippen LogP contribution in [0.2, 0.25) is 0 Å². The Labute approximate surface area is 159 Å². The number of amides is 2. The minimum absolute atomic E-state index is 0.100. The second-order valence-corrected chi connectivity index (χ2v) is 6.47. The maximum Gasteiger partial charge on any atom is 0.258 e. The number of benzene rings is 2. The first-order valence-electron chi connectivity index (χ1n) is 9.04. The monoisotopic (exact) mass is 368 g/mol. The van der Waals surface area contributed by atoms with Crippen molar-refractivity contribution in [2.45, 2.75) is 25.8 Å². The second-order valence-electron chi connectivity index (χ2n) is 6.47. The zero-order valence-electron chi connectivity index (χ0n) is 15.6. The van der Waals surface area contributed by atoms with E-state index >= 15 is 0 Å². The van der Waals surface area contributed by atoms with Crippen LogP contribution in [-0.2, 0) is 9.59 Å². The van der Waals surface area contributed by atoms with Crippen molar-refractivity contribution in [1.82, 2.24) is 5.32 Å². The summed E-state index contributed by atoms with van der Waals surface area (Å²) in [7, 11) is 1.61. The smallest absolute Gasteiger partial charge is 0.258 e. The molecule has 0 aromatic heterocycles. The first-order chi connectivity index (χ1) is 13.1. The molecule has 1 aliphatic heterocycles. The van der Waals surface area contributed by atoms with E-state index in [4.69, 9.17) is 9.47 Å². The van der Waals surface area contributed by atoms with E-state index in [1.807, 2.05) is 43.3 Å². The van der Waals surface area contributed by atoms with Crippen LogP contribution in [-0.4, -0.2) is 32.1 Å². The quantitative estimate of drug-likeness (QED) is 0.816. The molecule has 1 fully saturated rings. The summed E-state index contributed by atoms with van der Waals surface area (Å²) in [5.41, 5.74) is 1.71. The summed E-state index contributed by atoms with van der Waals surface area (Å²) in [5, 5.41) is 2.91. The molecule has 1 aliphatic rings. The van der Waals surface area contributed by atoms with Crippen molar-refractivity contribution in [1.29, 1.82) is 0 Å². The lowest BCUT2D eigenvalue weighted by molar-refractivity contribution is -0.123. The van der Waals surface area contributed by atoms with Crippen molar-refractivity contribution in [2.75, 3.05) is 25.2 Å². The third kappa shape index (κ3) is 4.58. The van der Waals surface area contributed by atoms with E-state index in [0.717, 1.165) is 30.0 Å². The van der Waals surface area contributed by atoms with Crippen molar-refractivity contribution in [2.24, 2.45) is 0 Å². The SMILES string of the molecule is COc1ccccc1[C@H](C)NC(=O)COc1cccc(N2CCCC2=O)c1. The van der Waals surface area contributed by atoms with Crippen LogP contribution >= 0.6 is 0 Å². The van der Waals surface area contributed by atoms with E-state index in [2.05, 4.69) is 5.32 Å². The van der Waals surface area contributed by atoms with Gasteiger partial charge in [-0.05, 0) is 31.5 Å². The van der Waals surface area contributed by atoms with Crippen LogP contribution in [0, 0.1) is 0 Å². The number of carbonyl (C=O) groups excluding carboxylic acids is 2. The number of nitrogens with zero attached hydrogens (tertiary/aromatic N) is 1. The molecule has 1 N–H and O–H groups in total. The Kier molecular flexibility index (Phi) is 5.96. The van der Waals surface area contributed by atoms with Crippen molar-refractivity contribution in [3.05, 3.63) is 54.1 Å². The van der Waals surface area contributed by atoms with Crippen molar-refractivity contribution < 1.29 is 19.1 Å². The summed E-state index contributed by atoms with van der Waals surface area (Å²) < 4.78 is 10.9. The third-order valence-corrected chi connectivity index (χ3v) is 4.56. The molecule has 0 spiro atoms. The first kappa shape index (κ1) is 18.8. The Hall–Kier alpha value is -3.02. The van der Waals surface area contributed by atoms with Gasteiger partial charge in [0.2, 0.25) is 5.91 Å². The Morgan fingerprint density at radius 2 is 2.04 bits per heavy atom. The highest BCUT2D eigenvalue weighted by molar-refractivity contribution is 5.95. The van der Waals surface area contributed by atoms with Crippen LogP contribution in [0.1, 0.15) is 31.4 Å². The predicted molar refractivity (Wildman–Crippen MR) is 103 cm³/mol. The number of hydrogen-bond acceptors (Lipinski definition) is 4. The fraction of sp³-hybridized carbons (Fsp3) is 0.333. The fourth-order valence-corrected chi connectivity index (χ4v) is 3.20. The molecule has 2 aromatic rings. The highest BCUT2D eigenvalue weighted by Crippen LogP contribution is 2.26. The molecular weight excluding hydrogens is 344 g/mol. The third-order valence-electron chi connectivity index (χ3n) is 4.56. The number of methoxy groups -OCH3 is 1. The van der Waals surface area contributed by atoms with Crippen LogP contribution in [0.3, 0.4) is 0 Å². The molecule has 1 atom stereocenters. The molecule has 2 aromatic carbocycles. The Bertz CT molecular complexity index is 821. The van der Waals surface area contributed by atoms with E-state index in [9.17, 15) is 9.59 Å². The predicted octanol–water partition coefficient (Wildman–Crippen LogP) is 3.08. The van der Waals surface area contributed by atoms with Gasteiger partial charge < -0.3 is 19.7 Å². The number of hydrogen-bond donors (Lipinski definition) is 1. The van der Waals surface area contributed by atoms with Gasteiger partial charge in [-0.1, -0.05) is 24.3 Å². The summed E-state index contributed by atoms with van der Waals surface area (Å²) in [4.78, 5) is 25.9. The molecule has 3 rings (SSSR count). The molecule has 0 bridgehead atoms. The average Bonchev–Trinajstić information content (AvgIpc) is 3.12. The van der Waals surface area contributed by atoms with Crippen LogP contribution in [0.4, 0.5) is 5.69 Å². The van der Waals surface area contributed by atoms with Gasteiger partial charge in [-0.15, -0.1) is 0 Å². The average molecular weight is 368 g/mol. The van der Waals surface area contributed by atoms with Crippen LogP contribution in [0.15, 0.2) is 48.5 Å². The number of nitrogens with one attached hydrogen (secondary N) is 1. The van der Waals surface area contributed by atoms with Crippen LogP contribution < -0.4 is 19.7 Å². The summed E-state index contributed by atoms with van der Waals surface area (Å²) in [5.74, 6) is 1.19. The molecule has 6 nitrogen and oxygen atoms in total. The molecule has 6 heteroatoms. The molecule has 142 valence electrons. The molecule has 0 saturated carbocycles. The minimum Gasteiger partial charge on any atom is -0.496 e. The molecule has 27 heavy (non-hydrogen) atoms. The summed E-state index contributed by atoms with van der Waals surface area (Å²) in [6.45, 7) is 2.52. The molecule has 1 saturated heterocycles. The van der Waals surface area contributed by atoms with Gasteiger partial charge in [0, 0.05) is 30.3 Å². The Balaban J connectivity index is 1.57. The highest BCUT2D eigenvalue weighted by Gasteiger charge is 2.22. The summed E-state index contributed by atoms with van der Waals surface area (Å²) in [6.07, 6.45) is 1.45. The molecule has 0 aliphatic carbocycles. The van der Waals surface area contributed by atoms with E-state index in [1.54, 1.807) is 24.1 Å². The zero-order valence-corrected chi connectivity index (χ0v) is 15.6. The van der Waals surface area contributed by atoms with Crippen LogP contribution in [0.25, 0.3) is 0 Å². The Morgan fingerprint density at radius 1 is 1.22 bits per heavy atom. The second kappa shape index (κ2) is 8.58. The molecule has 0 radical (unpaired) electrons. The van der Waals surface area contributed by atoms with Gasteiger partial charge in [-0.3, -0.25) is 9.59 Å². The molecule has 0 unspecified atom stereocenters. The summed E-state index contributed by atoms with van der Waals surface area (Å²) in [6, 6.07) is 14.6. The van der Waals surface area contributed by atoms with E-state index in [-0.39, 0.29) is 24.5 Å². The molecule has 1 heterocycles. The van der Waals surface area contributed by atoms with Gasteiger partial charge in [0.25, 0.3) is 5.91 Å². The van der Waals surface area contributed by atoms with Gasteiger partial charge in [0.05, 0.1) is 13.2 Å². The maximum atomic E-state index is 12.3. The number of rotatable bonds is 7. The fourth-order valence-electron chi connectivity index (χ4n) is 3.20. The van der Waals surface area contributed by atoms with E-state index in [0.29, 0.717) is 12.2 Å². The lowest BCUT2D eigenvalue weighted by Gasteiger charge is -2.18. The number of ether oxygens (including phenoxy) is 2. The van der Waals surface area contributed by atoms with Gasteiger partial charge in [-0.25, -0.2) is 0 Å². The highest BCUT2D eigenvalue weighted by atomic mass is 16.5. The van der Waals surface area contributed by atoms with E-state index in [1.165, 1.54) is 0 Å².